The summed E-state index contributed by atoms with van der Waals surface area (Å²) in [6, 6.07) is 0.235. The van der Waals surface area contributed by atoms with E-state index in [1.807, 2.05) is 0 Å². The normalized spacial score (nSPS) is 24.8. The van der Waals surface area contributed by atoms with E-state index >= 15 is 0 Å². The molecule has 1 aliphatic rings. The lowest BCUT2D eigenvalue weighted by Crippen LogP contribution is -2.17. The fraction of sp³-hybridized carbons (Fsp3) is 0.700. The molecular formula is C10H16N4O2. The maximum absolute atomic E-state index is 10.7. The standard InChI is InChI=1S/C10H16N4O2/c1-2-7-4-3-5-8(7)13-10(11)9(6-12-13)14(15)16/h6-8H,2-5,11H2,1H3. The molecule has 1 aliphatic carbocycles. The zero-order valence-corrected chi connectivity index (χ0v) is 9.30. The van der Waals surface area contributed by atoms with Crippen LogP contribution in [-0.4, -0.2) is 14.7 Å². The van der Waals surface area contributed by atoms with Gasteiger partial charge in [-0.2, -0.15) is 5.10 Å². The van der Waals surface area contributed by atoms with Crippen LogP contribution in [0.25, 0.3) is 0 Å². The molecular weight excluding hydrogens is 208 g/mol. The van der Waals surface area contributed by atoms with Crippen LogP contribution < -0.4 is 5.73 Å². The Morgan fingerprint density at radius 1 is 1.69 bits per heavy atom. The summed E-state index contributed by atoms with van der Waals surface area (Å²) < 4.78 is 1.64. The summed E-state index contributed by atoms with van der Waals surface area (Å²) >= 11 is 0. The predicted octanol–water partition coefficient (Wildman–Crippen LogP) is 2.12. The number of aromatic nitrogens is 2. The number of nitro groups is 1. The molecule has 1 aromatic heterocycles. The van der Waals surface area contributed by atoms with E-state index in [2.05, 4.69) is 12.0 Å². The molecule has 0 spiro atoms. The number of hydrogen-bond acceptors (Lipinski definition) is 4. The van der Waals surface area contributed by atoms with Gasteiger partial charge in [0.2, 0.25) is 5.82 Å². The Morgan fingerprint density at radius 2 is 2.44 bits per heavy atom. The van der Waals surface area contributed by atoms with Crippen molar-refractivity contribution in [2.24, 2.45) is 5.92 Å². The number of anilines is 1. The van der Waals surface area contributed by atoms with Crippen molar-refractivity contribution in [3.8, 4) is 0 Å². The van der Waals surface area contributed by atoms with Crippen LogP contribution in [0.5, 0.6) is 0 Å². The molecule has 2 N–H and O–H groups in total. The molecule has 1 saturated carbocycles. The Kier molecular flexibility index (Phi) is 2.80. The van der Waals surface area contributed by atoms with Gasteiger partial charge >= 0.3 is 5.69 Å². The van der Waals surface area contributed by atoms with E-state index in [4.69, 9.17) is 5.73 Å². The van der Waals surface area contributed by atoms with Crippen LogP contribution >= 0.6 is 0 Å². The van der Waals surface area contributed by atoms with Gasteiger partial charge in [-0.05, 0) is 18.8 Å². The molecule has 2 atom stereocenters. The molecule has 1 aromatic rings. The zero-order valence-electron chi connectivity index (χ0n) is 9.30. The van der Waals surface area contributed by atoms with Crippen molar-refractivity contribution in [2.45, 2.75) is 38.6 Å². The van der Waals surface area contributed by atoms with E-state index in [-0.39, 0.29) is 17.5 Å². The largest absolute Gasteiger partial charge is 0.378 e. The molecule has 0 radical (unpaired) electrons. The summed E-state index contributed by atoms with van der Waals surface area (Å²) in [4.78, 5) is 10.2. The second kappa shape index (κ2) is 4.11. The van der Waals surface area contributed by atoms with Gasteiger partial charge in [-0.1, -0.05) is 19.8 Å². The highest BCUT2D eigenvalue weighted by atomic mass is 16.6. The van der Waals surface area contributed by atoms with Crippen molar-refractivity contribution < 1.29 is 4.92 Å². The van der Waals surface area contributed by atoms with E-state index in [1.54, 1.807) is 4.68 Å². The van der Waals surface area contributed by atoms with Crippen molar-refractivity contribution in [1.29, 1.82) is 0 Å². The third-order valence-electron chi connectivity index (χ3n) is 3.47. The number of nitrogen functional groups attached to an aromatic ring is 1. The first-order chi connectivity index (χ1) is 7.65. The molecule has 88 valence electrons. The average molecular weight is 224 g/mol. The monoisotopic (exact) mass is 224 g/mol. The first kappa shape index (κ1) is 10.9. The highest BCUT2D eigenvalue weighted by molar-refractivity contribution is 5.51. The van der Waals surface area contributed by atoms with E-state index in [0.717, 1.165) is 25.7 Å². The van der Waals surface area contributed by atoms with Crippen molar-refractivity contribution in [2.75, 3.05) is 5.73 Å². The first-order valence-electron chi connectivity index (χ1n) is 5.62. The van der Waals surface area contributed by atoms with Crippen molar-refractivity contribution in [3.05, 3.63) is 16.3 Å². The molecule has 1 fully saturated rings. The van der Waals surface area contributed by atoms with Gasteiger partial charge in [-0.15, -0.1) is 0 Å². The maximum Gasteiger partial charge on any atom is 0.330 e. The Morgan fingerprint density at radius 3 is 3.00 bits per heavy atom. The fourth-order valence-corrected chi connectivity index (χ4v) is 2.58. The molecule has 0 aromatic carbocycles. The maximum atomic E-state index is 10.7. The Labute approximate surface area is 93.6 Å². The highest BCUT2D eigenvalue weighted by Gasteiger charge is 2.31. The van der Waals surface area contributed by atoms with Gasteiger partial charge in [-0.3, -0.25) is 10.1 Å². The van der Waals surface area contributed by atoms with Crippen LogP contribution in [0.1, 0.15) is 38.6 Å². The summed E-state index contributed by atoms with van der Waals surface area (Å²) in [5.74, 6) is 0.733. The molecule has 16 heavy (non-hydrogen) atoms. The molecule has 0 aliphatic heterocycles. The minimum absolute atomic E-state index is 0.0817. The molecule has 6 heteroatoms. The van der Waals surface area contributed by atoms with Crippen LogP contribution in [0, 0.1) is 16.0 Å². The zero-order chi connectivity index (χ0) is 11.7. The van der Waals surface area contributed by atoms with Gasteiger partial charge < -0.3 is 5.73 Å². The third-order valence-corrected chi connectivity index (χ3v) is 3.47. The van der Waals surface area contributed by atoms with Crippen molar-refractivity contribution >= 4 is 11.5 Å². The van der Waals surface area contributed by atoms with Gasteiger partial charge in [0.15, 0.2) is 0 Å². The Balaban J connectivity index is 2.30. The third kappa shape index (κ3) is 1.64. The summed E-state index contributed by atoms with van der Waals surface area (Å²) in [5.41, 5.74) is 5.68. The number of hydrogen-bond donors (Lipinski definition) is 1. The van der Waals surface area contributed by atoms with Gasteiger partial charge in [0.1, 0.15) is 6.20 Å². The molecule has 0 saturated heterocycles. The van der Waals surface area contributed by atoms with Gasteiger partial charge in [-0.25, -0.2) is 4.68 Å². The Hall–Kier alpha value is -1.59. The lowest BCUT2D eigenvalue weighted by molar-refractivity contribution is -0.384. The first-order valence-corrected chi connectivity index (χ1v) is 5.62. The minimum atomic E-state index is -0.477. The van der Waals surface area contributed by atoms with Crippen LogP contribution in [0.2, 0.25) is 0 Å². The molecule has 0 bridgehead atoms. The summed E-state index contributed by atoms with van der Waals surface area (Å²) in [7, 11) is 0. The second-order valence-electron chi connectivity index (χ2n) is 4.28. The topological polar surface area (TPSA) is 87.0 Å². The van der Waals surface area contributed by atoms with Crippen molar-refractivity contribution in [1.82, 2.24) is 9.78 Å². The lowest BCUT2D eigenvalue weighted by Gasteiger charge is -2.19. The quantitative estimate of drug-likeness (QED) is 0.629. The molecule has 1 heterocycles. The van der Waals surface area contributed by atoms with E-state index < -0.39 is 4.92 Å². The lowest BCUT2D eigenvalue weighted by atomic mass is 10.0. The summed E-state index contributed by atoms with van der Waals surface area (Å²) in [6.45, 7) is 2.14. The van der Waals surface area contributed by atoms with Crippen molar-refractivity contribution in [3.63, 3.8) is 0 Å². The average Bonchev–Trinajstić information content (AvgIpc) is 2.82. The predicted molar refractivity (Wildman–Crippen MR) is 60.0 cm³/mol. The van der Waals surface area contributed by atoms with Crippen LogP contribution in [0.3, 0.4) is 0 Å². The minimum Gasteiger partial charge on any atom is -0.378 e. The smallest absolute Gasteiger partial charge is 0.330 e. The molecule has 2 rings (SSSR count). The summed E-state index contributed by atoms with van der Waals surface area (Å²) in [6.07, 6.45) is 5.64. The van der Waals surface area contributed by atoms with Crippen LogP contribution in [0.15, 0.2) is 6.20 Å². The van der Waals surface area contributed by atoms with E-state index in [0.29, 0.717) is 5.92 Å². The summed E-state index contributed by atoms with van der Waals surface area (Å²) in [5, 5.41) is 14.7. The number of rotatable bonds is 3. The van der Waals surface area contributed by atoms with Gasteiger partial charge in [0.25, 0.3) is 0 Å². The van der Waals surface area contributed by atoms with Gasteiger partial charge in [0.05, 0.1) is 11.0 Å². The molecule has 6 nitrogen and oxygen atoms in total. The number of nitrogens with two attached hydrogens (primary N) is 1. The second-order valence-corrected chi connectivity index (χ2v) is 4.28. The SMILES string of the molecule is CCC1CCCC1n1ncc([N+](=O)[O-])c1N. The van der Waals surface area contributed by atoms with Crippen LogP contribution in [0.4, 0.5) is 11.5 Å². The van der Waals surface area contributed by atoms with E-state index in [1.165, 1.54) is 6.20 Å². The van der Waals surface area contributed by atoms with E-state index in [9.17, 15) is 10.1 Å². The molecule has 2 unspecified atom stereocenters. The highest BCUT2D eigenvalue weighted by Crippen LogP contribution is 2.39. The molecule has 0 amide bonds. The fourth-order valence-electron chi connectivity index (χ4n) is 2.58. The number of nitrogens with zero attached hydrogens (tertiary/aromatic N) is 3. The van der Waals surface area contributed by atoms with Crippen LogP contribution in [-0.2, 0) is 0 Å². The van der Waals surface area contributed by atoms with Gasteiger partial charge in [0, 0.05) is 0 Å². The Bertz CT molecular complexity index is 402.